The Labute approximate surface area is 94.4 Å². The molecule has 0 radical (unpaired) electrons. The quantitative estimate of drug-likeness (QED) is 0.771. The fourth-order valence-electron chi connectivity index (χ4n) is 2.02. The van der Waals surface area contributed by atoms with Crippen LogP contribution < -0.4 is 0 Å². The molecule has 0 saturated carbocycles. The van der Waals surface area contributed by atoms with Gasteiger partial charge < -0.3 is 14.1 Å². The van der Waals surface area contributed by atoms with Crippen molar-refractivity contribution in [2.24, 2.45) is 0 Å². The third-order valence-corrected chi connectivity index (χ3v) is 2.82. The molecule has 1 aromatic rings. The van der Waals surface area contributed by atoms with Crippen LogP contribution in [0.2, 0.25) is 0 Å². The van der Waals surface area contributed by atoms with E-state index in [4.69, 9.17) is 9.15 Å². The minimum absolute atomic E-state index is 0.226. The Hall–Kier alpha value is -1.52. The first kappa shape index (κ1) is 11.0. The second-order valence-corrected chi connectivity index (χ2v) is 3.90. The Bertz CT molecular complexity index is 337. The summed E-state index contributed by atoms with van der Waals surface area (Å²) in [5.41, 5.74) is 0.925. The number of likely N-dealkylation sites (tertiary alicyclic amines) is 1. The van der Waals surface area contributed by atoms with Gasteiger partial charge in [0.2, 0.25) is 0 Å². The standard InChI is InChI=1S/C11H16N2O3/c1-2-16-11(14)13-5-3-4-9(6-13)10-7-15-8-12-10/h7-9H,2-6H2,1H3/t9-/m1/s1. The zero-order valence-corrected chi connectivity index (χ0v) is 9.39. The van der Waals surface area contributed by atoms with Gasteiger partial charge in [-0.15, -0.1) is 0 Å². The molecule has 0 aromatic carbocycles. The van der Waals surface area contributed by atoms with E-state index in [1.165, 1.54) is 6.39 Å². The fraction of sp³-hybridized carbons (Fsp3) is 0.636. The van der Waals surface area contributed by atoms with E-state index in [1.54, 1.807) is 11.2 Å². The molecule has 0 aliphatic carbocycles. The van der Waals surface area contributed by atoms with Crippen molar-refractivity contribution < 1.29 is 13.9 Å². The average Bonchev–Trinajstić information content (AvgIpc) is 2.83. The summed E-state index contributed by atoms with van der Waals surface area (Å²) in [6, 6.07) is 0. The Kier molecular flexibility index (Phi) is 3.44. The molecule has 5 nitrogen and oxygen atoms in total. The number of hydrogen-bond donors (Lipinski definition) is 0. The number of carbonyl (C=O) groups excluding carboxylic acids is 1. The van der Waals surface area contributed by atoms with Crippen LogP contribution in [0.4, 0.5) is 4.79 Å². The molecule has 0 bridgehead atoms. The summed E-state index contributed by atoms with van der Waals surface area (Å²) >= 11 is 0. The topological polar surface area (TPSA) is 55.6 Å². The number of piperidine rings is 1. The van der Waals surface area contributed by atoms with Gasteiger partial charge >= 0.3 is 6.09 Å². The molecule has 2 rings (SSSR count). The van der Waals surface area contributed by atoms with E-state index in [2.05, 4.69) is 4.98 Å². The summed E-state index contributed by atoms with van der Waals surface area (Å²) < 4.78 is 9.96. The molecule has 88 valence electrons. The minimum Gasteiger partial charge on any atom is -0.451 e. The van der Waals surface area contributed by atoms with Crippen LogP contribution in [0.1, 0.15) is 31.4 Å². The van der Waals surface area contributed by atoms with Crippen molar-refractivity contribution in [3.8, 4) is 0 Å². The van der Waals surface area contributed by atoms with Crippen molar-refractivity contribution >= 4 is 6.09 Å². The molecule has 1 saturated heterocycles. The van der Waals surface area contributed by atoms with Crippen molar-refractivity contribution in [2.75, 3.05) is 19.7 Å². The minimum atomic E-state index is -0.226. The molecule has 1 atom stereocenters. The van der Waals surface area contributed by atoms with Gasteiger partial charge in [0.15, 0.2) is 6.39 Å². The summed E-state index contributed by atoms with van der Waals surface area (Å²) in [5.74, 6) is 0.275. The van der Waals surface area contributed by atoms with Gasteiger partial charge in [0, 0.05) is 19.0 Å². The molecule has 16 heavy (non-hydrogen) atoms. The summed E-state index contributed by atoms with van der Waals surface area (Å²) in [6.45, 7) is 3.68. The zero-order chi connectivity index (χ0) is 11.4. The van der Waals surface area contributed by atoms with Crippen LogP contribution >= 0.6 is 0 Å². The number of nitrogens with zero attached hydrogens (tertiary/aromatic N) is 2. The van der Waals surface area contributed by atoms with Crippen LogP contribution in [-0.2, 0) is 4.74 Å². The molecule has 0 spiro atoms. The Morgan fingerprint density at radius 2 is 2.62 bits per heavy atom. The van der Waals surface area contributed by atoms with Crippen LogP contribution in [0, 0.1) is 0 Å². The smallest absolute Gasteiger partial charge is 0.409 e. The van der Waals surface area contributed by atoms with Gasteiger partial charge in [0.1, 0.15) is 6.26 Å². The second-order valence-electron chi connectivity index (χ2n) is 3.90. The highest BCUT2D eigenvalue weighted by Crippen LogP contribution is 2.25. The normalized spacial score (nSPS) is 20.8. The molecule has 1 aliphatic rings. The summed E-state index contributed by atoms with van der Waals surface area (Å²) in [7, 11) is 0. The van der Waals surface area contributed by atoms with E-state index in [1.807, 2.05) is 6.92 Å². The van der Waals surface area contributed by atoms with Crippen molar-refractivity contribution in [3.05, 3.63) is 18.4 Å². The van der Waals surface area contributed by atoms with Crippen molar-refractivity contribution in [1.82, 2.24) is 9.88 Å². The van der Waals surface area contributed by atoms with E-state index in [0.29, 0.717) is 13.2 Å². The maximum Gasteiger partial charge on any atom is 0.409 e. The van der Waals surface area contributed by atoms with E-state index < -0.39 is 0 Å². The number of oxazole rings is 1. The summed E-state index contributed by atoms with van der Waals surface area (Å²) in [4.78, 5) is 17.4. The van der Waals surface area contributed by atoms with Gasteiger partial charge in [0.25, 0.3) is 0 Å². The van der Waals surface area contributed by atoms with Crippen molar-refractivity contribution in [2.45, 2.75) is 25.7 Å². The lowest BCUT2D eigenvalue weighted by molar-refractivity contribution is 0.0955. The lowest BCUT2D eigenvalue weighted by Crippen LogP contribution is -2.39. The largest absolute Gasteiger partial charge is 0.451 e. The highest BCUT2D eigenvalue weighted by Gasteiger charge is 2.26. The number of rotatable bonds is 2. The number of ether oxygens (including phenoxy) is 1. The number of hydrogen-bond acceptors (Lipinski definition) is 4. The SMILES string of the molecule is CCOC(=O)N1CCC[C@@H](c2cocn2)C1. The van der Waals surface area contributed by atoms with E-state index in [9.17, 15) is 4.79 Å². The van der Waals surface area contributed by atoms with E-state index >= 15 is 0 Å². The molecule has 2 heterocycles. The highest BCUT2D eigenvalue weighted by atomic mass is 16.6. The lowest BCUT2D eigenvalue weighted by Gasteiger charge is -2.30. The van der Waals surface area contributed by atoms with E-state index in [0.717, 1.165) is 25.1 Å². The van der Waals surface area contributed by atoms with Gasteiger partial charge in [-0.3, -0.25) is 0 Å². The van der Waals surface area contributed by atoms with Gasteiger partial charge in [-0.05, 0) is 19.8 Å². The van der Waals surface area contributed by atoms with Crippen molar-refractivity contribution in [1.29, 1.82) is 0 Å². The van der Waals surface area contributed by atoms with Crippen molar-refractivity contribution in [3.63, 3.8) is 0 Å². The predicted molar refractivity (Wildman–Crippen MR) is 57.1 cm³/mol. The van der Waals surface area contributed by atoms with Gasteiger partial charge in [-0.25, -0.2) is 9.78 Å². The first-order chi connectivity index (χ1) is 7.81. The van der Waals surface area contributed by atoms with Crippen LogP contribution in [0.5, 0.6) is 0 Å². The van der Waals surface area contributed by atoms with Crippen LogP contribution in [0.25, 0.3) is 0 Å². The van der Waals surface area contributed by atoms with Crippen LogP contribution in [-0.4, -0.2) is 35.7 Å². The number of carbonyl (C=O) groups is 1. The zero-order valence-electron chi connectivity index (χ0n) is 9.39. The first-order valence-electron chi connectivity index (χ1n) is 5.61. The Morgan fingerprint density at radius 1 is 1.75 bits per heavy atom. The maximum absolute atomic E-state index is 11.6. The van der Waals surface area contributed by atoms with Gasteiger partial charge in [-0.2, -0.15) is 0 Å². The third kappa shape index (κ3) is 2.35. The monoisotopic (exact) mass is 224 g/mol. The van der Waals surface area contributed by atoms with Crippen LogP contribution in [0.15, 0.2) is 17.1 Å². The maximum atomic E-state index is 11.6. The Morgan fingerprint density at radius 3 is 3.31 bits per heavy atom. The van der Waals surface area contributed by atoms with E-state index in [-0.39, 0.29) is 12.0 Å². The molecular formula is C11H16N2O3. The lowest BCUT2D eigenvalue weighted by atomic mass is 9.96. The molecule has 5 heteroatoms. The molecular weight excluding hydrogens is 208 g/mol. The van der Waals surface area contributed by atoms with Gasteiger partial charge in [0.05, 0.1) is 12.3 Å². The second kappa shape index (κ2) is 5.01. The number of aromatic nitrogens is 1. The summed E-state index contributed by atoms with van der Waals surface area (Å²) in [5, 5.41) is 0. The average molecular weight is 224 g/mol. The third-order valence-electron chi connectivity index (χ3n) is 2.82. The molecule has 0 N–H and O–H groups in total. The van der Waals surface area contributed by atoms with Crippen LogP contribution in [0.3, 0.4) is 0 Å². The summed E-state index contributed by atoms with van der Waals surface area (Å²) in [6.07, 6.45) is 4.88. The molecule has 1 amide bonds. The predicted octanol–water partition coefficient (Wildman–Crippen LogP) is 2.01. The highest BCUT2D eigenvalue weighted by molar-refractivity contribution is 5.67. The molecule has 1 aromatic heterocycles. The molecule has 1 fully saturated rings. The van der Waals surface area contributed by atoms with Gasteiger partial charge in [-0.1, -0.05) is 0 Å². The first-order valence-corrected chi connectivity index (χ1v) is 5.61. The number of amides is 1. The molecule has 1 aliphatic heterocycles. The Balaban J connectivity index is 1.96. The fourth-order valence-corrected chi connectivity index (χ4v) is 2.02. The molecule has 0 unspecified atom stereocenters.